The summed E-state index contributed by atoms with van der Waals surface area (Å²) in [5.74, 6) is 1.09. The SMILES string of the molecule is CC(CN1CCOCC1)NCc1nc2ccccc2n1C. The molecule has 2 aromatic rings. The Kier molecular flexibility index (Phi) is 4.53. The average molecular weight is 288 g/mol. The van der Waals surface area contributed by atoms with Crippen molar-refractivity contribution in [3.8, 4) is 0 Å². The number of hydrogen-bond acceptors (Lipinski definition) is 4. The van der Waals surface area contributed by atoms with E-state index in [1.54, 1.807) is 0 Å². The minimum absolute atomic E-state index is 0.447. The second-order valence-electron chi connectivity index (χ2n) is 5.77. The number of aromatic nitrogens is 2. The summed E-state index contributed by atoms with van der Waals surface area (Å²) in [6.45, 7) is 7.90. The average Bonchev–Trinajstić information content (AvgIpc) is 2.83. The number of nitrogens with one attached hydrogen (secondary N) is 1. The maximum absolute atomic E-state index is 5.38. The molecular weight excluding hydrogens is 264 g/mol. The van der Waals surface area contributed by atoms with Crippen LogP contribution in [0.15, 0.2) is 24.3 Å². The maximum atomic E-state index is 5.38. The number of rotatable bonds is 5. The van der Waals surface area contributed by atoms with Crippen molar-refractivity contribution in [2.75, 3.05) is 32.8 Å². The number of fused-ring (bicyclic) bond motifs is 1. The summed E-state index contributed by atoms with van der Waals surface area (Å²) in [4.78, 5) is 7.15. The number of para-hydroxylation sites is 2. The summed E-state index contributed by atoms with van der Waals surface area (Å²) in [6.07, 6.45) is 0. The molecule has 1 N–H and O–H groups in total. The molecule has 0 saturated carbocycles. The van der Waals surface area contributed by atoms with Crippen LogP contribution in [-0.4, -0.2) is 53.3 Å². The van der Waals surface area contributed by atoms with Gasteiger partial charge in [0.2, 0.25) is 0 Å². The molecule has 5 heteroatoms. The van der Waals surface area contributed by atoms with Crippen LogP contribution in [0.1, 0.15) is 12.7 Å². The number of hydrogen-bond donors (Lipinski definition) is 1. The van der Waals surface area contributed by atoms with Gasteiger partial charge in [-0.25, -0.2) is 4.98 Å². The lowest BCUT2D eigenvalue weighted by Crippen LogP contribution is -2.44. The Hall–Kier alpha value is -1.43. The van der Waals surface area contributed by atoms with Crippen molar-refractivity contribution >= 4 is 11.0 Å². The summed E-state index contributed by atoms with van der Waals surface area (Å²) in [6, 6.07) is 8.72. The van der Waals surface area contributed by atoms with E-state index in [2.05, 4.69) is 47.0 Å². The maximum Gasteiger partial charge on any atom is 0.123 e. The monoisotopic (exact) mass is 288 g/mol. The van der Waals surface area contributed by atoms with Crippen LogP contribution in [0.5, 0.6) is 0 Å². The summed E-state index contributed by atoms with van der Waals surface area (Å²) < 4.78 is 7.55. The summed E-state index contributed by atoms with van der Waals surface area (Å²) >= 11 is 0. The van der Waals surface area contributed by atoms with Crippen molar-refractivity contribution in [3.05, 3.63) is 30.1 Å². The van der Waals surface area contributed by atoms with Crippen molar-refractivity contribution in [3.63, 3.8) is 0 Å². The molecule has 1 aromatic carbocycles. The van der Waals surface area contributed by atoms with Gasteiger partial charge in [0.25, 0.3) is 0 Å². The first-order valence-electron chi connectivity index (χ1n) is 7.68. The number of imidazole rings is 1. The zero-order valence-corrected chi connectivity index (χ0v) is 12.9. The first-order valence-corrected chi connectivity index (χ1v) is 7.68. The van der Waals surface area contributed by atoms with Gasteiger partial charge in [0.05, 0.1) is 30.8 Å². The van der Waals surface area contributed by atoms with E-state index in [9.17, 15) is 0 Å². The summed E-state index contributed by atoms with van der Waals surface area (Å²) in [5, 5.41) is 3.58. The van der Waals surface area contributed by atoms with E-state index < -0.39 is 0 Å². The standard InChI is InChI=1S/C16H24N4O/c1-13(12-20-7-9-21-10-8-20)17-11-16-18-14-5-3-4-6-15(14)19(16)2/h3-6,13,17H,7-12H2,1-2H3. The first-order chi connectivity index (χ1) is 10.2. The Morgan fingerprint density at radius 1 is 1.29 bits per heavy atom. The van der Waals surface area contributed by atoms with Crippen molar-refractivity contribution in [1.82, 2.24) is 19.8 Å². The van der Waals surface area contributed by atoms with E-state index in [1.165, 1.54) is 5.52 Å². The van der Waals surface area contributed by atoms with Crippen LogP contribution in [0.2, 0.25) is 0 Å². The highest BCUT2D eigenvalue weighted by Gasteiger charge is 2.14. The van der Waals surface area contributed by atoms with Gasteiger partial charge < -0.3 is 14.6 Å². The van der Waals surface area contributed by atoms with Crippen LogP contribution in [0.4, 0.5) is 0 Å². The molecule has 1 fully saturated rings. The number of aryl methyl sites for hydroxylation is 1. The minimum Gasteiger partial charge on any atom is -0.379 e. The summed E-state index contributed by atoms with van der Waals surface area (Å²) in [7, 11) is 2.08. The highest BCUT2D eigenvalue weighted by atomic mass is 16.5. The number of benzene rings is 1. The van der Waals surface area contributed by atoms with E-state index >= 15 is 0 Å². The molecule has 1 aliphatic rings. The highest BCUT2D eigenvalue weighted by Crippen LogP contribution is 2.14. The molecule has 21 heavy (non-hydrogen) atoms. The van der Waals surface area contributed by atoms with Gasteiger partial charge in [-0.05, 0) is 19.1 Å². The number of nitrogens with zero attached hydrogens (tertiary/aromatic N) is 3. The smallest absolute Gasteiger partial charge is 0.123 e. The third-order valence-electron chi connectivity index (χ3n) is 4.12. The number of morpholine rings is 1. The third kappa shape index (κ3) is 3.43. The van der Waals surface area contributed by atoms with Crippen LogP contribution in [-0.2, 0) is 18.3 Å². The second kappa shape index (κ2) is 6.56. The Labute approximate surface area is 125 Å². The van der Waals surface area contributed by atoms with Gasteiger partial charge in [0.15, 0.2) is 0 Å². The molecule has 5 nitrogen and oxygen atoms in total. The third-order valence-corrected chi connectivity index (χ3v) is 4.12. The van der Waals surface area contributed by atoms with Gasteiger partial charge in [0, 0.05) is 32.7 Å². The zero-order chi connectivity index (χ0) is 14.7. The Morgan fingerprint density at radius 2 is 2.05 bits per heavy atom. The van der Waals surface area contributed by atoms with Gasteiger partial charge in [-0.1, -0.05) is 12.1 Å². The predicted octanol–water partition coefficient (Wildman–Crippen LogP) is 1.38. The fourth-order valence-electron chi connectivity index (χ4n) is 2.85. The second-order valence-corrected chi connectivity index (χ2v) is 5.77. The summed E-state index contributed by atoms with van der Waals surface area (Å²) in [5.41, 5.74) is 2.26. The Bertz CT molecular complexity index is 589. The van der Waals surface area contributed by atoms with Gasteiger partial charge in [-0.2, -0.15) is 0 Å². The van der Waals surface area contributed by atoms with Crippen LogP contribution < -0.4 is 5.32 Å². The molecule has 0 spiro atoms. The molecule has 3 rings (SSSR count). The van der Waals surface area contributed by atoms with E-state index in [-0.39, 0.29) is 0 Å². The van der Waals surface area contributed by atoms with Crippen LogP contribution in [0.25, 0.3) is 11.0 Å². The molecule has 1 saturated heterocycles. The predicted molar refractivity (Wildman–Crippen MR) is 84.3 cm³/mol. The van der Waals surface area contributed by atoms with Crippen LogP contribution in [0.3, 0.4) is 0 Å². The van der Waals surface area contributed by atoms with Crippen molar-refractivity contribution in [2.45, 2.75) is 19.5 Å². The lowest BCUT2D eigenvalue weighted by atomic mass is 10.3. The van der Waals surface area contributed by atoms with Gasteiger partial charge >= 0.3 is 0 Å². The lowest BCUT2D eigenvalue weighted by molar-refractivity contribution is 0.0343. The molecule has 0 bridgehead atoms. The molecule has 114 valence electrons. The highest BCUT2D eigenvalue weighted by molar-refractivity contribution is 5.75. The minimum atomic E-state index is 0.447. The Morgan fingerprint density at radius 3 is 2.81 bits per heavy atom. The van der Waals surface area contributed by atoms with E-state index in [1.807, 2.05) is 6.07 Å². The fraction of sp³-hybridized carbons (Fsp3) is 0.562. The van der Waals surface area contributed by atoms with E-state index in [0.29, 0.717) is 6.04 Å². The number of ether oxygens (including phenoxy) is 1. The van der Waals surface area contributed by atoms with Crippen molar-refractivity contribution in [2.24, 2.45) is 7.05 Å². The van der Waals surface area contributed by atoms with Gasteiger partial charge in [-0.15, -0.1) is 0 Å². The van der Waals surface area contributed by atoms with Crippen LogP contribution in [0, 0.1) is 0 Å². The van der Waals surface area contributed by atoms with Crippen molar-refractivity contribution in [1.29, 1.82) is 0 Å². The quantitative estimate of drug-likeness (QED) is 0.903. The van der Waals surface area contributed by atoms with Crippen LogP contribution >= 0.6 is 0 Å². The molecule has 0 aliphatic carbocycles. The molecule has 1 atom stereocenters. The molecule has 2 heterocycles. The molecule has 0 amide bonds. The fourth-order valence-corrected chi connectivity index (χ4v) is 2.85. The van der Waals surface area contributed by atoms with Gasteiger partial charge in [-0.3, -0.25) is 4.90 Å². The molecule has 1 unspecified atom stereocenters. The largest absolute Gasteiger partial charge is 0.379 e. The van der Waals surface area contributed by atoms with E-state index in [0.717, 1.165) is 50.7 Å². The molecular formula is C16H24N4O. The molecule has 1 aromatic heterocycles. The lowest BCUT2D eigenvalue weighted by Gasteiger charge is -2.29. The zero-order valence-electron chi connectivity index (χ0n) is 12.9. The molecule has 1 aliphatic heterocycles. The van der Waals surface area contributed by atoms with E-state index in [4.69, 9.17) is 9.72 Å². The molecule has 0 radical (unpaired) electrons. The van der Waals surface area contributed by atoms with Crippen molar-refractivity contribution < 1.29 is 4.74 Å². The topological polar surface area (TPSA) is 42.3 Å². The normalized spacial score (nSPS) is 18.2. The Balaban J connectivity index is 1.56. The first kappa shape index (κ1) is 14.5. The van der Waals surface area contributed by atoms with Gasteiger partial charge in [0.1, 0.15) is 5.82 Å².